The lowest BCUT2D eigenvalue weighted by Gasteiger charge is -2.32. The first kappa shape index (κ1) is 17.5. The van der Waals surface area contributed by atoms with E-state index in [4.69, 9.17) is 23.2 Å². The third-order valence-electron chi connectivity index (χ3n) is 4.05. The van der Waals surface area contributed by atoms with Crippen molar-refractivity contribution in [1.29, 1.82) is 0 Å². The number of hydrogen-bond acceptors (Lipinski definition) is 3. The predicted octanol–water partition coefficient (Wildman–Crippen LogP) is 3.23. The van der Waals surface area contributed by atoms with Gasteiger partial charge in [-0.25, -0.2) is 0 Å². The first-order valence-corrected chi connectivity index (χ1v) is 8.27. The van der Waals surface area contributed by atoms with Crippen LogP contribution in [0.25, 0.3) is 0 Å². The summed E-state index contributed by atoms with van der Waals surface area (Å²) in [5, 5.41) is 24.0. The van der Waals surface area contributed by atoms with Crippen molar-refractivity contribution < 1.29 is 15.0 Å². The molecular weight excluding hydrogens is 325 g/mol. The molecule has 1 atom stereocenters. The van der Waals surface area contributed by atoms with Crippen molar-refractivity contribution in [2.45, 2.75) is 50.2 Å². The molecule has 122 valence electrons. The largest absolute Gasteiger partial charge is 0.388 e. The van der Waals surface area contributed by atoms with E-state index in [2.05, 4.69) is 5.32 Å². The van der Waals surface area contributed by atoms with Crippen LogP contribution in [0.2, 0.25) is 10.0 Å². The van der Waals surface area contributed by atoms with E-state index in [-0.39, 0.29) is 18.9 Å². The second-order valence-corrected chi connectivity index (χ2v) is 6.86. The molecule has 1 aliphatic carbocycles. The van der Waals surface area contributed by atoms with Crippen LogP contribution in [0.4, 0.5) is 0 Å². The third kappa shape index (κ3) is 5.13. The molecule has 0 heterocycles. The molecule has 1 amide bonds. The Hall–Kier alpha value is -0.810. The van der Waals surface area contributed by atoms with Crippen LogP contribution in [-0.2, 0) is 4.79 Å². The van der Waals surface area contributed by atoms with Crippen LogP contribution in [-0.4, -0.2) is 28.3 Å². The average Bonchev–Trinajstić information content (AvgIpc) is 2.45. The molecule has 1 unspecified atom stereocenters. The van der Waals surface area contributed by atoms with Crippen LogP contribution in [0.3, 0.4) is 0 Å². The molecule has 3 N–H and O–H groups in total. The summed E-state index contributed by atoms with van der Waals surface area (Å²) in [5.74, 6) is -0.303. The average molecular weight is 346 g/mol. The van der Waals surface area contributed by atoms with E-state index in [1.54, 1.807) is 18.2 Å². The molecule has 0 radical (unpaired) electrons. The number of halogens is 2. The van der Waals surface area contributed by atoms with Gasteiger partial charge in [0.25, 0.3) is 0 Å². The summed E-state index contributed by atoms with van der Waals surface area (Å²) in [6.07, 6.45) is 3.44. The second-order valence-electron chi connectivity index (χ2n) is 5.98. The van der Waals surface area contributed by atoms with Gasteiger partial charge in [-0.3, -0.25) is 4.79 Å². The Kier molecular flexibility index (Phi) is 6.09. The highest BCUT2D eigenvalue weighted by Gasteiger charge is 2.29. The van der Waals surface area contributed by atoms with Crippen LogP contribution < -0.4 is 5.32 Å². The predicted molar refractivity (Wildman–Crippen MR) is 87.1 cm³/mol. The maximum absolute atomic E-state index is 11.9. The molecule has 1 saturated carbocycles. The molecule has 1 aromatic carbocycles. The molecule has 4 nitrogen and oxygen atoms in total. The fourth-order valence-electron chi connectivity index (χ4n) is 2.78. The number of nitrogens with one attached hydrogen (secondary N) is 1. The fraction of sp³-hybridized carbons (Fsp3) is 0.562. The summed E-state index contributed by atoms with van der Waals surface area (Å²) < 4.78 is 0. The Labute approximate surface area is 140 Å². The van der Waals surface area contributed by atoms with Crippen molar-refractivity contribution in [1.82, 2.24) is 5.32 Å². The fourth-order valence-corrected chi connectivity index (χ4v) is 3.33. The van der Waals surface area contributed by atoms with E-state index < -0.39 is 11.7 Å². The topological polar surface area (TPSA) is 69.6 Å². The lowest BCUT2D eigenvalue weighted by molar-refractivity contribution is -0.124. The number of hydrogen-bond donors (Lipinski definition) is 3. The van der Waals surface area contributed by atoms with Crippen LogP contribution in [0, 0.1) is 0 Å². The highest BCUT2D eigenvalue weighted by Crippen LogP contribution is 2.28. The monoisotopic (exact) mass is 345 g/mol. The molecule has 1 fully saturated rings. The van der Waals surface area contributed by atoms with Crippen molar-refractivity contribution in [2.24, 2.45) is 0 Å². The Morgan fingerprint density at radius 1 is 1.18 bits per heavy atom. The standard InChI is InChI=1S/C16H21Cl2NO3/c17-12-6-11(7-13(18)8-12)14(20)9-15(21)19-10-16(22)4-2-1-3-5-16/h6-8,14,20,22H,1-5,9-10H2,(H,19,21). The first-order chi connectivity index (χ1) is 10.4. The molecule has 1 aromatic rings. The van der Waals surface area contributed by atoms with E-state index in [0.29, 0.717) is 28.5 Å². The lowest BCUT2D eigenvalue weighted by Crippen LogP contribution is -2.44. The lowest BCUT2D eigenvalue weighted by atomic mass is 9.85. The minimum absolute atomic E-state index is 0.0905. The molecular formula is C16H21Cl2NO3. The Balaban J connectivity index is 1.85. The number of amides is 1. The number of carbonyl (C=O) groups excluding carboxylic acids is 1. The van der Waals surface area contributed by atoms with Crippen LogP contribution in [0.5, 0.6) is 0 Å². The maximum Gasteiger partial charge on any atom is 0.223 e. The summed E-state index contributed by atoms with van der Waals surface area (Å²) in [6.45, 7) is 0.231. The van der Waals surface area contributed by atoms with Gasteiger partial charge in [-0.05, 0) is 36.6 Å². The van der Waals surface area contributed by atoms with Crippen LogP contribution in [0.1, 0.15) is 50.2 Å². The minimum atomic E-state index is -0.975. The van der Waals surface area contributed by atoms with Gasteiger partial charge in [-0.15, -0.1) is 0 Å². The molecule has 0 aromatic heterocycles. The summed E-state index contributed by atoms with van der Waals surface area (Å²) in [7, 11) is 0. The Morgan fingerprint density at radius 2 is 1.77 bits per heavy atom. The van der Waals surface area contributed by atoms with Crippen molar-refractivity contribution in [3.05, 3.63) is 33.8 Å². The number of aliphatic hydroxyl groups is 2. The number of carbonyl (C=O) groups is 1. The smallest absolute Gasteiger partial charge is 0.223 e. The molecule has 0 bridgehead atoms. The van der Waals surface area contributed by atoms with E-state index in [0.717, 1.165) is 19.3 Å². The highest BCUT2D eigenvalue weighted by atomic mass is 35.5. The zero-order valence-electron chi connectivity index (χ0n) is 12.3. The van der Waals surface area contributed by atoms with E-state index in [1.165, 1.54) is 0 Å². The second kappa shape index (κ2) is 7.64. The van der Waals surface area contributed by atoms with Gasteiger partial charge < -0.3 is 15.5 Å². The molecule has 22 heavy (non-hydrogen) atoms. The van der Waals surface area contributed by atoms with E-state index >= 15 is 0 Å². The first-order valence-electron chi connectivity index (χ1n) is 7.51. The number of aliphatic hydroxyl groups excluding tert-OH is 1. The van der Waals surface area contributed by atoms with Crippen molar-refractivity contribution in [3.8, 4) is 0 Å². The summed E-state index contributed by atoms with van der Waals surface area (Å²) in [5.41, 5.74) is -0.304. The van der Waals surface area contributed by atoms with Crippen molar-refractivity contribution in [3.63, 3.8) is 0 Å². The summed E-state index contributed by atoms with van der Waals surface area (Å²) >= 11 is 11.8. The van der Waals surface area contributed by atoms with Crippen LogP contribution in [0.15, 0.2) is 18.2 Å². The highest BCUT2D eigenvalue weighted by molar-refractivity contribution is 6.34. The van der Waals surface area contributed by atoms with Gasteiger partial charge in [-0.1, -0.05) is 42.5 Å². The van der Waals surface area contributed by atoms with Gasteiger partial charge in [0, 0.05) is 16.6 Å². The van der Waals surface area contributed by atoms with Crippen molar-refractivity contribution >= 4 is 29.1 Å². The zero-order valence-corrected chi connectivity index (χ0v) is 13.8. The van der Waals surface area contributed by atoms with Gasteiger partial charge in [-0.2, -0.15) is 0 Å². The van der Waals surface area contributed by atoms with Gasteiger partial charge in [0.05, 0.1) is 18.1 Å². The minimum Gasteiger partial charge on any atom is -0.388 e. The number of rotatable bonds is 5. The summed E-state index contributed by atoms with van der Waals surface area (Å²) in [6, 6.07) is 4.73. The van der Waals surface area contributed by atoms with Crippen LogP contribution >= 0.6 is 23.2 Å². The van der Waals surface area contributed by atoms with Gasteiger partial charge in [0.2, 0.25) is 5.91 Å². The van der Waals surface area contributed by atoms with Gasteiger partial charge in [0.15, 0.2) is 0 Å². The van der Waals surface area contributed by atoms with E-state index in [9.17, 15) is 15.0 Å². The van der Waals surface area contributed by atoms with Gasteiger partial charge in [0.1, 0.15) is 0 Å². The Bertz CT molecular complexity index is 510. The van der Waals surface area contributed by atoms with E-state index in [1.807, 2.05) is 0 Å². The third-order valence-corrected chi connectivity index (χ3v) is 4.48. The zero-order chi connectivity index (χ0) is 16.2. The summed E-state index contributed by atoms with van der Waals surface area (Å²) in [4.78, 5) is 11.9. The van der Waals surface area contributed by atoms with Gasteiger partial charge >= 0.3 is 0 Å². The molecule has 2 rings (SSSR count). The molecule has 0 spiro atoms. The Morgan fingerprint density at radius 3 is 2.36 bits per heavy atom. The molecule has 6 heteroatoms. The molecule has 1 aliphatic rings. The molecule has 0 saturated heterocycles. The molecule has 0 aliphatic heterocycles. The van der Waals surface area contributed by atoms with Crippen molar-refractivity contribution in [2.75, 3.05) is 6.54 Å². The number of benzene rings is 1. The quantitative estimate of drug-likeness (QED) is 0.767. The maximum atomic E-state index is 11.9. The normalized spacial score (nSPS) is 18.7. The SMILES string of the molecule is O=C(CC(O)c1cc(Cl)cc(Cl)c1)NCC1(O)CCCCC1.